The lowest BCUT2D eigenvalue weighted by Gasteiger charge is -2.65. The van der Waals surface area contributed by atoms with Crippen LogP contribution >= 0.6 is 0 Å². The van der Waals surface area contributed by atoms with E-state index >= 15 is 8.78 Å². The van der Waals surface area contributed by atoms with E-state index in [4.69, 9.17) is 4.74 Å². The maximum atomic E-state index is 15.7. The summed E-state index contributed by atoms with van der Waals surface area (Å²) in [6.45, 7) is 5.46. The Hall–Kier alpha value is -6.17. The van der Waals surface area contributed by atoms with Crippen LogP contribution in [0.1, 0.15) is 63.5 Å². The number of aromatic nitrogens is 4. The number of carbonyl (C=O) groups excluding carboxylic acids is 2. The first-order chi connectivity index (χ1) is 30.6. The summed E-state index contributed by atoms with van der Waals surface area (Å²) in [7, 11) is -0.871. The molecule has 2 spiro atoms. The van der Waals surface area contributed by atoms with Gasteiger partial charge in [-0.15, -0.1) is 0 Å². The van der Waals surface area contributed by atoms with Gasteiger partial charge in [-0.25, -0.2) is 18.6 Å². The van der Waals surface area contributed by atoms with Crippen LogP contribution in [0, 0.1) is 33.8 Å². The Labute approximate surface area is 367 Å². The number of hydrogen-bond acceptors (Lipinski definition) is 11. The number of benzene rings is 3. The van der Waals surface area contributed by atoms with Crippen LogP contribution in [0.25, 0.3) is 21.8 Å². The highest BCUT2D eigenvalue weighted by Crippen LogP contribution is 2.59. The molecule has 3 saturated heterocycles. The van der Waals surface area contributed by atoms with E-state index in [0.717, 1.165) is 81.1 Å². The Kier molecular flexibility index (Phi) is 9.95. The molecule has 64 heavy (non-hydrogen) atoms. The van der Waals surface area contributed by atoms with Gasteiger partial charge in [0.25, 0.3) is 5.56 Å². The number of nitrogens with one attached hydrogen (secondary N) is 2. The van der Waals surface area contributed by atoms with E-state index in [1.165, 1.54) is 30.1 Å². The van der Waals surface area contributed by atoms with Gasteiger partial charge in [-0.05, 0) is 91.8 Å². The standard InChI is InChI=1S/C44H47F2N11O6S/c1-4-52(2)64(61,62)51-35-8-6-32(45)39(31(35)22-47)63-28-5-7-34-29(15-28)41(59)57(25-48-34)27-20-44(21-27)23-55(24-44)26-18-43(19-26)10-13-54(14-11-43)37-17-36-30(16-33(37)46)40(50-53(36)3)56-12-9-38(58)49-42(56)60/h5-8,15-17,25-27,51H,4,9-14,18-21,23-24H2,1-3H3,(H,49,58,60). The molecule has 3 aliphatic heterocycles. The van der Waals surface area contributed by atoms with Crippen molar-refractivity contribution in [3.05, 3.63) is 76.3 Å². The summed E-state index contributed by atoms with van der Waals surface area (Å²) in [6, 6.07) is 11.8. The van der Waals surface area contributed by atoms with Crippen molar-refractivity contribution in [1.29, 1.82) is 5.26 Å². The molecule has 0 atom stereocenters. The second-order valence-electron chi connectivity index (χ2n) is 18.2. The number of rotatable bonds is 10. The minimum absolute atomic E-state index is 0.0192. The summed E-state index contributed by atoms with van der Waals surface area (Å²) in [5.41, 5.74) is 1.33. The molecule has 5 heterocycles. The maximum Gasteiger partial charge on any atom is 0.329 e. The van der Waals surface area contributed by atoms with Gasteiger partial charge in [0.2, 0.25) is 5.91 Å². The molecule has 3 aromatic carbocycles. The first kappa shape index (κ1) is 41.8. The Bertz CT molecular complexity index is 2980. The van der Waals surface area contributed by atoms with Crippen molar-refractivity contribution >= 4 is 61.1 Å². The van der Waals surface area contributed by atoms with E-state index in [-0.39, 0.29) is 76.1 Å². The first-order valence-electron chi connectivity index (χ1n) is 21.5. The molecule has 0 unspecified atom stereocenters. The molecular formula is C44H47F2N11O6S. The number of anilines is 3. The van der Waals surface area contributed by atoms with Crippen LogP contribution in [0.4, 0.5) is 30.8 Å². The minimum atomic E-state index is -4.01. The van der Waals surface area contributed by atoms with E-state index in [9.17, 15) is 28.1 Å². The fourth-order valence-corrected chi connectivity index (χ4v) is 11.5. The predicted molar refractivity (Wildman–Crippen MR) is 233 cm³/mol. The van der Waals surface area contributed by atoms with Gasteiger partial charge in [-0.3, -0.25) is 38.7 Å². The number of aryl methyl sites for hydroxylation is 1. The van der Waals surface area contributed by atoms with Crippen LogP contribution in [0.15, 0.2) is 53.6 Å². The number of imide groups is 1. The first-order valence-corrected chi connectivity index (χ1v) is 22.9. The molecule has 0 radical (unpaired) electrons. The predicted octanol–water partition coefficient (Wildman–Crippen LogP) is 5.37. The third kappa shape index (κ3) is 7.00. The minimum Gasteiger partial charge on any atom is -0.453 e. The zero-order chi connectivity index (χ0) is 44.9. The molecule has 2 N–H and O–H groups in total. The van der Waals surface area contributed by atoms with E-state index in [0.29, 0.717) is 34.0 Å². The molecule has 0 bridgehead atoms. The number of carbonyl (C=O) groups is 2. The van der Waals surface area contributed by atoms with Crippen LogP contribution in [0.5, 0.6) is 11.5 Å². The Morgan fingerprint density at radius 1 is 0.969 bits per heavy atom. The summed E-state index contributed by atoms with van der Waals surface area (Å²) in [6.07, 6.45) is 7.62. The highest BCUT2D eigenvalue weighted by atomic mass is 32.2. The number of nitriles is 1. The zero-order valence-corrected chi connectivity index (χ0v) is 36.4. The van der Waals surface area contributed by atoms with E-state index < -0.39 is 27.8 Å². The number of halogens is 2. The number of amides is 3. The average Bonchev–Trinajstić information content (AvgIpc) is 3.54. The lowest BCUT2D eigenvalue weighted by molar-refractivity contribution is -0.148. The maximum absolute atomic E-state index is 15.7. The van der Waals surface area contributed by atoms with Gasteiger partial charge in [0, 0.05) is 77.3 Å². The summed E-state index contributed by atoms with van der Waals surface area (Å²) in [4.78, 5) is 48.7. The van der Waals surface area contributed by atoms with Gasteiger partial charge in [-0.1, -0.05) is 6.92 Å². The van der Waals surface area contributed by atoms with Crippen LogP contribution in [0.3, 0.4) is 0 Å². The van der Waals surface area contributed by atoms with Gasteiger partial charge in [0.05, 0.1) is 34.1 Å². The monoisotopic (exact) mass is 895 g/mol. The molecule has 2 aliphatic carbocycles. The lowest BCUT2D eigenvalue weighted by Crippen LogP contribution is -2.68. The normalized spacial score (nSPS) is 20.9. The van der Waals surface area contributed by atoms with Crippen molar-refractivity contribution < 1.29 is 31.5 Å². The van der Waals surface area contributed by atoms with Gasteiger partial charge in [0.1, 0.15) is 23.2 Å². The van der Waals surface area contributed by atoms with E-state index in [2.05, 4.69) is 29.9 Å². The molecule has 17 nitrogen and oxygen atoms in total. The van der Waals surface area contributed by atoms with Crippen molar-refractivity contribution in [2.24, 2.45) is 17.9 Å². The van der Waals surface area contributed by atoms with Crippen LogP contribution < -0.4 is 30.1 Å². The number of fused-ring (bicyclic) bond motifs is 2. The Balaban J connectivity index is 0.745. The summed E-state index contributed by atoms with van der Waals surface area (Å²) >= 11 is 0. The molecule has 5 aliphatic rings. The van der Waals surface area contributed by atoms with Crippen LogP contribution in [-0.2, 0) is 22.1 Å². The van der Waals surface area contributed by atoms with Gasteiger partial charge < -0.3 is 9.64 Å². The van der Waals surface area contributed by atoms with Gasteiger partial charge >= 0.3 is 16.2 Å². The molecule has 3 amide bonds. The number of nitrogens with zero attached hydrogens (tertiary/aromatic N) is 9. The smallest absolute Gasteiger partial charge is 0.329 e. The SMILES string of the molecule is CCN(C)S(=O)(=O)Nc1ccc(F)c(Oc2ccc3ncn(C4CC5(C4)CN(C4CC6(CCN(c7cc8c(cc7F)c(N7CCC(=O)NC7=O)nn8C)CC6)C4)C5)c(=O)c3c2)c1C#N. The van der Waals surface area contributed by atoms with E-state index in [1.54, 1.807) is 35.6 Å². The summed E-state index contributed by atoms with van der Waals surface area (Å²) < 4.78 is 68.7. The second kappa shape index (κ2) is 15.2. The molecule has 10 rings (SSSR count). The molecular weight excluding hydrogens is 849 g/mol. The van der Waals surface area contributed by atoms with Crippen molar-refractivity contribution in [1.82, 2.24) is 33.9 Å². The third-order valence-corrected chi connectivity index (χ3v) is 15.9. The number of hydrogen-bond donors (Lipinski definition) is 2. The van der Waals surface area contributed by atoms with Crippen molar-refractivity contribution in [2.75, 3.05) is 60.8 Å². The zero-order valence-electron chi connectivity index (χ0n) is 35.6. The Morgan fingerprint density at radius 2 is 1.70 bits per heavy atom. The Morgan fingerprint density at radius 3 is 2.41 bits per heavy atom. The van der Waals surface area contributed by atoms with Crippen molar-refractivity contribution in [3.8, 4) is 17.6 Å². The molecule has 2 aromatic heterocycles. The largest absolute Gasteiger partial charge is 0.453 e. The molecule has 5 fully saturated rings. The quantitative estimate of drug-likeness (QED) is 0.183. The number of likely N-dealkylation sites (tertiary alicyclic amines) is 1. The highest BCUT2D eigenvalue weighted by Gasteiger charge is 2.58. The van der Waals surface area contributed by atoms with Gasteiger partial charge in [-0.2, -0.15) is 23.1 Å². The number of urea groups is 1. The molecule has 20 heteroatoms. The fourth-order valence-electron chi connectivity index (χ4n) is 10.5. The number of piperidine rings is 1. The molecule has 5 aromatic rings. The van der Waals surface area contributed by atoms with Crippen LogP contribution in [-0.4, -0.2) is 101 Å². The van der Waals surface area contributed by atoms with Crippen molar-refractivity contribution in [2.45, 2.75) is 64.0 Å². The van der Waals surface area contributed by atoms with Gasteiger partial charge in [0.15, 0.2) is 17.4 Å². The lowest BCUT2D eigenvalue weighted by atomic mass is 9.55. The molecule has 2 saturated carbocycles. The molecule has 334 valence electrons. The highest BCUT2D eigenvalue weighted by molar-refractivity contribution is 7.90. The topological polar surface area (TPSA) is 191 Å². The van der Waals surface area contributed by atoms with Crippen molar-refractivity contribution in [3.63, 3.8) is 0 Å². The average molecular weight is 896 g/mol. The summed E-state index contributed by atoms with van der Waals surface area (Å²) in [5, 5.41) is 17.5. The third-order valence-electron chi connectivity index (χ3n) is 14.3. The summed E-state index contributed by atoms with van der Waals surface area (Å²) in [5.74, 6) is -1.63. The van der Waals surface area contributed by atoms with E-state index in [1.807, 2.05) is 12.1 Å². The number of ether oxygens (including phenoxy) is 1. The second-order valence-corrected chi connectivity index (χ2v) is 20.0. The van der Waals surface area contributed by atoms with Crippen LogP contribution in [0.2, 0.25) is 0 Å². The fraction of sp³-hybridized carbons (Fsp3) is 0.455.